The van der Waals surface area contributed by atoms with E-state index in [1.54, 1.807) is 42.5 Å². The van der Waals surface area contributed by atoms with Crippen LogP contribution in [0.4, 0.5) is 13.2 Å². The van der Waals surface area contributed by atoms with Gasteiger partial charge in [-0.1, -0.05) is 24.3 Å². The Bertz CT molecular complexity index is 1150. The summed E-state index contributed by atoms with van der Waals surface area (Å²) in [6.07, 6.45) is -2.26. The van der Waals surface area contributed by atoms with Gasteiger partial charge in [-0.05, 0) is 53.6 Å². The van der Waals surface area contributed by atoms with E-state index in [4.69, 9.17) is 10.00 Å². The van der Waals surface area contributed by atoms with E-state index >= 15 is 0 Å². The van der Waals surface area contributed by atoms with Gasteiger partial charge >= 0.3 is 6.18 Å². The van der Waals surface area contributed by atoms with Crippen LogP contribution in [0.5, 0.6) is 5.75 Å². The van der Waals surface area contributed by atoms with E-state index in [0.29, 0.717) is 23.1 Å². The first-order valence-electron chi connectivity index (χ1n) is 8.76. The van der Waals surface area contributed by atoms with Gasteiger partial charge in [-0.2, -0.15) is 23.7 Å². The van der Waals surface area contributed by atoms with Crippen LogP contribution in [0, 0.1) is 22.7 Å². The number of aromatic nitrogens is 1. The molecule has 0 aliphatic heterocycles. The molecular formula is C23H14F3N3O. The van der Waals surface area contributed by atoms with Gasteiger partial charge < -0.3 is 4.74 Å². The van der Waals surface area contributed by atoms with Gasteiger partial charge in [0.05, 0.1) is 28.5 Å². The third kappa shape index (κ3) is 5.24. The molecule has 1 heterocycles. The first-order valence-corrected chi connectivity index (χ1v) is 8.76. The highest BCUT2D eigenvalue weighted by Gasteiger charge is 2.30. The van der Waals surface area contributed by atoms with Gasteiger partial charge in [-0.25, -0.2) is 0 Å². The molecule has 3 rings (SSSR count). The average Bonchev–Trinajstić information content (AvgIpc) is 2.76. The summed E-state index contributed by atoms with van der Waals surface area (Å²) in [6.45, 7) is 0.258. The van der Waals surface area contributed by atoms with E-state index < -0.39 is 11.7 Å². The van der Waals surface area contributed by atoms with E-state index in [2.05, 4.69) is 11.1 Å². The molecule has 148 valence electrons. The summed E-state index contributed by atoms with van der Waals surface area (Å²) in [6, 6.07) is 20.1. The van der Waals surface area contributed by atoms with Gasteiger partial charge in [-0.3, -0.25) is 4.98 Å². The first-order chi connectivity index (χ1) is 14.4. The summed E-state index contributed by atoms with van der Waals surface area (Å²) in [7, 11) is 0. The van der Waals surface area contributed by atoms with E-state index in [1.807, 2.05) is 12.1 Å². The molecule has 2 aromatic carbocycles. The van der Waals surface area contributed by atoms with Gasteiger partial charge in [0, 0.05) is 6.20 Å². The van der Waals surface area contributed by atoms with Crippen molar-refractivity contribution in [1.29, 1.82) is 10.5 Å². The zero-order valence-electron chi connectivity index (χ0n) is 15.5. The minimum absolute atomic E-state index is 0.127. The zero-order chi connectivity index (χ0) is 21.6. The number of pyridine rings is 1. The lowest BCUT2D eigenvalue weighted by Crippen LogP contribution is -2.05. The Labute approximate surface area is 171 Å². The predicted molar refractivity (Wildman–Crippen MR) is 105 cm³/mol. The van der Waals surface area contributed by atoms with E-state index in [0.717, 1.165) is 11.6 Å². The van der Waals surface area contributed by atoms with E-state index in [1.165, 1.54) is 12.1 Å². The largest absolute Gasteiger partial charge is 0.489 e. The number of nitriles is 2. The molecule has 0 fully saturated rings. The third-order valence-corrected chi connectivity index (χ3v) is 4.12. The number of rotatable bonds is 5. The number of alkyl halides is 3. The fourth-order valence-electron chi connectivity index (χ4n) is 2.64. The molecule has 0 atom stereocenters. The number of nitrogens with zero attached hydrogens (tertiary/aromatic N) is 3. The number of benzene rings is 2. The van der Waals surface area contributed by atoms with Gasteiger partial charge in [0.2, 0.25) is 0 Å². The molecule has 0 saturated carbocycles. The number of allylic oxidation sites excluding steroid dienone is 1. The van der Waals surface area contributed by atoms with Crippen LogP contribution in [-0.4, -0.2) is 4.98 Å². The Morgan fingerprint density at radius 3 is 2.50 bits per heavy atom. The summed E-state index contributed by atoms with van der Waals surface area (Å²) in [5.74, 6) is 0.545. The fraction of sp³-hybridized carbons (Fsp3) is 0.0870. The van der Waals surface area contributed by atoms with Crippen LogP contribution in [-0.2, 0) is 12.8 Å². The number of halogens is 3. The van der Waals surface area contributed by atoms with Crippen LogP contribution < -0.4 is 4.74 Å². The standard InChI is InChI=1S/C23H14F3N3O/c24-23(25,26)20-7-8-22(29-14-20)19(13-28)10-16-3-2-6-21(11-16)30-15-18-5-1-4-17(9-18)12-27/h1-11,14H,15H2/b19-10-. The van der Waals surface area contributed by atoms with Crippen LogP contribution in [0.2, 0.25) is 0 Å². The number of hydrogen-bond acceptors (Lipinski definition) is 4. The molecule has 0 amide bonds. The van der Waals surface area contributed by atoms with E-state index in [-0.39, 0.29) is 17.9 Å². The first kappa shape index (κ1) is 20.6. The SMILES string of the molecule is N#C/C(=C/c1cccc(OCc2cccc(C#N)c2)c1)c1ccc(C(F)(F)F)cn1. The highest BCUT2D eigenvalue weighted by Crippen LogP contribution is 2.29. The molecule has 3 aromatic rings. The molecule has 0 saturated heterocycles. The Kier molecular flexibility index (Phi) is 6.14. The van der Waals surface area contributed by atoms with Crippen LogP contribution >= 0.6 is 0 Å². The van der Waals surface area contributed by atoms with Crippen molar-refractivity contribution in [2.45, 2.75) is 12.8 Å². The zero-order valence-corrected chi connectivity index (χ0v) is 15.5. The maximum Gasteiger partial charge on any atom is 0.417 e. The minimum atomic E-state index is -4.49. The highest BCUT2D eigenvalue weighted by atomic mass is 19.4. The lowest BCUT2D eigenvalue weighted by Gasteiger charge is -2.08. The van der Waals surface area contributed by atoms with Gasteiger partial charge in [0.15, 0.2) is 0 Å². The molecule has 7 heteroatoms. The van der Waals surface area contributed by atoms with Crippen LogP contribution in [0.25, 0.3) is 11.6 Å². The molecule has 0 aliphatic carbocycles. The lowest BCUT2D eigenvalue weighted by atomic mass is 10.1. The summed E-state index contributed by atoms with van der Waals surface area (Å²) < 4.78 is 43.8. The topological polar surface area (TPSA) is 69.7 Å². The maximum atomic E-state index is 12.7. The average molecular weight is 405 g/mol. The Morgan fingerprint density at radius 1 is 1.03 bits per heavy atom. The summed E-state index contributed by atoms with van der Waals surface area (Å²) in [4.78, 5) is 3.76. The van der Waals surface area contributed by atoms with Crippen molar-refractivity contribution < 1.29 is 17.9 Å². The second-order valence-corrected chi connectivity index (χ2v) is 6.27. The molecule has 4 nitrogen and oxygen atoms in total. The highest BCUT2D eigenvalue weighted by molar-refractivity contribution is 5.88. The van der Waals surface area contributed by atoms with Crippen molar-refractivity contribution in [3.8, 4) is 17.9 Å². The summed E-state index contributed by atoms with van der Waals surface area (Å²) in [5, 5.41) is 18.4. The van der Waals surface area contributed by atoms with Gasteiger partial charge in [0.25, 0.3) is 0 Å². The van der Waals surface area contributed by atoms with Crippen LogP contribution in [0.1, 0.15) is 27.9 Å². The van der Waals surface area contributed by atoms with Gasteiger partial charge in [0.1, 0.15) is 18.4 Å². The van der Waals surface area contributed by atoms with Crippen molar-refractivity contribution in [2.75, 3.05) is 0 Å². The number of ether oxygens (including phenoxy) is 1. The van der Waals surface area contributed by atoms with Crippen molar-refractivity contribution in [2.24, 2.45) is 0 Å². The maximum absolute atomic E-state index is 12.7. The van der Waals surface area contributed by atoms with Crippen molar-refractivity contribution in [1.82, 2.24) is 4.98 Å². The molecular weight excluding hydrogens is 391 g/mol. The van der Waals surface area contributed by atoms with E-state index in [9.17, 15) is 18.4 Å². The van der Waals surface area contributed by atoms with Crippen molar-refractivity contribution in [3.05, 3.63) is 94.8 Å². The monoisotopic (exact) mass is 405 g/mol. The molecule has 1 aromatic heterocycles. The lowest BCUT2D eigenvalue weighted by molar-refractivity contribution is -0.137. The minimum Gasteiger partial charge on any atom is -0.489 e. The Morgan fingerprint density at radius 2 is 1.83 bits per heavy atom. The second-order valence-electron chi connectivity index (χ2n) is 6.27. The Hall–Kier alpha value is -4.10. The third-order valence-electron chi connectivity index (χ3n) is 4.12. The van der Waals surface area contributed by atoms with Crippen LogP contribution in [0.15, 0.2) is 66.9 Å². The quantitative estimate of drug-likeness (QED) is 0.517. The summed E-state index contributed by atoms with van der Waals surface area (Å²) >= 11 is 0. The molecule has 0 spiro atoms. The molecule has 0 bridgehead atoms. The molecule has 0 aliphatic rings. The molecule has 30 heavy (non-hydrogen) atoms. The molecule has 0 radical (unpaired) electrons. The fourth-order valence-corrected chi connectivity index (χ4v) is 2.64. The predicted octanol–water partition coefficient (Wildman–Crippen LogP) is 5.62. The van der Waals surface area contributed by atoms with Crippen LogP contribution in [0.3, 0.4) is 0 Å². The normalized spacial score (nSPS) is 11.4. The van der Waals surface area contributed by atoms with Gasteiger partial charge in [-0.15, -0.1) is 0 Å². The molecule has 0 unspecified atom stereocenters. The number of hydrogen-bond donors (Lipinski definition) is 0. The second kappa shape index (κ2) is 8.93. The molecule has 0 N–H and O–H groups in total. The smallest absolute Gasteiger partial charge is 0.417 e. The van der Waals surface area contributed by atoms with Crippen molar-refractivity contribution >= 4 is 11.6 Å². The van der Waals surface area contributed by atoms with Crippen molar-refractivity contribution in [3.63, 3.8) is 0 Å². The Balaban J connectivity index is 1.77. The summed E-state index contributed by atoms with van der Waals surface area (Å²) in [5.41, 5.74) is 1.40.